The number of unbranched alkanes of at least 4 members (excludes halogenated alkanes) is 5. The molecule has 2 rings (SSSR count). The summed E-state index contributed by atoms with van der Waals surface area (Å²) >= 11 is 0. The summed E-state index contributed by atoms with van der Waals surface area (Å²) in [6.07, 6.45) is 9.70. The number of amides is 2. The van der Waals surface area contributed by atoms with Crippen molar-refractivity contribution in [1.29, 1.82) is 0 Å². The number of ether oxygens (including phenoxy) is 5. The van der Waals surface area contributed by atoms with Crippen molar-refractivity contribution in [3.8, 4) is 17.2 Å². The van der Waals surface area contributed by atoms with Gasteiger partial charge in [0, 0.05) is 25.4 Å². The van der Waals surface area contributed by atoms with Gasteiger partial charge in [-0.25, -0.2) is 4.79 Å². The first-order chi connectivity index (χ1) is 20.3. The normalized spacial score (nSPS) is 10.8. The van der Waals surface area contributed by atoms with Crippen LogP contribution in [0.1, 0.15) is 68.3 Å². The summed E-state index contributed by atoms with van der Waals surface area (Å²) in [5.41, 5.74) is 1.55. The van der Waals surface area contributed by atoms with Crippen molar-refractivity contribution in [1.82, 2.24) is 0 Å². The van der Waals surface area contributed by atoms with E-state index in [4.69, 9.17) is 23.7 Å². The number of nitrogens with zero attached hydrogens (tertiary/aromatic N) is 1. The third-order valence-corrected chi connectivity index (χ3v) is 6.48. The van der Waals surface area contributed by atoms with Crippen LogP contribution in [-0.4, -0.2) is 66.0 Å². The van der Waals surface area contributed by atoms with Crippen LogP contribution in [0.5, 0.6) is 17.2 Å². The Morgan fingerprint density at radius 3 is 2.17 bits per heavy atom. The monoisotopic (exact) mass is 584 g/mol. The maximum absolute atomic E-state index is 12.9. The standard InChI is InChI=1S/C32H44N2O8/c1-7-9-10-11-12-13-18-41-22-30(36)34(3)26-21-24(15-16-25(26)32(37)42-8-2)33-29(35)17-14-23-19-27(38-4)31(40-6)28(20-23)39-5/h14-17,19-21H,7-13,18,22H2,1-6H3,(H,33,35). The first-order valence-electron chi connectivity index (χ1n) is 14.2. The molecule has 0 spiro atoms. The lowest BCUT2D eigenvalue weighted by molar-refractivity contribution is -0.122. The minimum atomic E-state index is -0.569. The molecule has 0 fully saturated rings. The first kappa shape index (κ1) is 34.2. The molecule has 10 nitrogen and oxygen atoms in total. The highest BCUT2D eigenvalue weighted by atomic mass is 16.5. The number of nitrogens with one attached hydrogen (secondary N) is 1. The van der Waals surface area contributed by atoms with Gasteiger partial charge in [0.2, 0.25) is 11.7 Å². The Morgan fingerprint density at radius 1 is 0.881 bits per heavy atom. The summed E-state index contributed by atoms with van der Waals surface area (Å²) in [5, 5.41) is 2.77. The summed E-state index contributed by atoms with van der Waals surface area (Å²) < 4.78 is 26.8. The van der Waals surface area contributed by atoms with Crippen molar-refractivity contribution in [2.75, 3.05) is 58.4 Å². The van der Waals surface area contributed by atoms with Crippen LogP contribution in [0.3, 0.4) is 0 Å². The number of hydrogen-bond acceptors (Lipinski definition) is 8. The van der Waals surface area contributed by atoms with Crippen LogP contribution in [0.4, 0.5) is 11.4 Å². The molecule has 0 aliphatic rings. The summed E-state index contributed by atoms with van der Waals surface area (Å²) in [6, 6.07) is 8.09. The highest BCUT2D eigenvalue weighted by Gasteiger charge is 2.21. The second-order valence-corrected chi connectivity index (χ2v) is 9.51. The van der Waals surface area contributed by atoms with E-state index >= 15 is 0 Å². The molecule has 0 bridgehead atoms. The van der Waals surface area contributed by atoms with Gasteiger partial charge in [-0.05, 0) is 55.3 Å². The van der Waals surface area contributed by atoms with Crippen molar-refractivity contribution in [2.24, 2.45) is 0 Å². The Morgan fingerprint density at radius 2 is 1.55 bits per heavy atom. The van der Waals surface area contributed by atoms with Crippen LogP contribution in [-0.2, 0) is 19.1 Å². The zero-order chi connectivity index (χ0) is 30.9. The van der Waals surface area contributed by atoms with Crippen LogP contribution in [0, 0.1) is 0 Å². The molecule has 0 aliphatic heterocycles. The molecule has 0 unspecified atom stereocenters. The van der Waals surface area contributed by atoms with Crippen LogP contribution < -0.4 is 24.4 Å². The van der Waals surface area contributed by atoms with Gasteiger partial charge in [0.1, 0.15) is 6.61 Å². The second-order valence-electron chi connectivity index (χ2n) is 9.51. The first-order valence-corrected chi connectivity index (χ1v) is 14.2. The van der Waals surface area contributed by atoms with Gasteiger partial charge < -0.3 is 33.9 Å². The fourth-order valence-corrected chi connectivity index (χ4v) is 4.20. The highest BCUT2D eigenvalue weighted by Crippen LogP contribution is 2.38. The molecule has 1 N–H and O–H groups in total. The van der Waals surface area contributed by atoms with Gasteiger partial charge in [0.05, 0.1) is 39.2 Å². The lowest BCUT2D eigenvalue weighted by atomic mass is 10.1. The molecule has 0 atom stereocenters. The summed E-state index contributed by atoms with van der Waals surface area (Å²) in [6.45, 7) is 4.44. The number of benzene rings is 2. The highest BCUT2D eigenvalue weighted by molar-refractivity contribution is 6.06. The van der Waals surface area contributed by atoms with E-state index in [2.05, 4.69) is 12.2 Å². The molecule has 0 aromatic heterocycles. The number of carbonyl (C=O) groups excluding carboxylic acids is 3. The van der Waals surface area contributed by atoms with Crippen molar-refractivity contribution in [2.45, 2.75) is 52.4 Å². The Kier molecular flexibility index (Phi) is 15.0. The Balaban J connectivity index is 2.13. The van der Waals surface area contributed by atoms with Gasteiger partial charge in [0.25, 0.3) is 5.91 Å². The lowest BCUT2D eigenvalue weighted by Crippen LogP contribution is -2.32. The number of likely N-dealkylation sites (N-methyl/N-ethyl adjacent to an activating group) is 1. The van der Waals surface area contributed by atoms with Crippen LogP contribution in [0.2, 0.25) is 0 Å². The zero-order valence-electron chi connectivity index (χ0n) is 25.6. The number of carbonyl (C=O) groups is 3. The summed E-state index contributed by atoms with van der Waals surface area (Å²) in [7, 11) is 6.10. The molecular weight excluding hydrogens is 540 g/mol. The molecule has 0 heterocycles. The Labute approximate surface area is 248 Å². The average Bonchev–Trinajstić information content (AvgIpc) is 3.00. The van der Waals surface area contributed by atoms with E-state index in [0.717, 1.165) is 19.3 Å². The maximum Gasteiger partial charge on any atom is 0.340 e. The van der Waals surface area contributed by atoms with Gasteiger partial charge >= 0.3 is 5.97 Å². The third kappa shape index (κ3) is 10.4. The van der Waals surface area contributed by atoms with Gasteiger partial charge in [-0.15, -0.1) is 0 Å². The quantitative estimate of drug-likeness (QED) is 0.131. The van der Waals surface area contributed by atoms with Crippen molar-refractivity contribution >= 4 is 35.2 Å². The minimum Gasteiger partial charge on any atom is -0.493 e. The van der Waals surface area contributed by atoms with Crippen LogP contribution in [0.15, 0.2) is 36.4 Å². The number of hydrogen-bond donors (Lipinski definition) is 1. The van der Waals surface area contributed by atoms with E-state index < -0.39 is 11.9 Å². The third-order valence-electron chi connectivity index (χ3n) is 6.48. The Bertz CT molecular complexity index is 1190. The number of rotatable bonds is 18. The smallest absolute Gasteiger partial charge is 0.340 e. The van der Waals surface area contributed by atoms with Gasteiger partial charge in [-0.1, -0.05) is 39.0 Å². The molecule has 0 saturated carbocycles. The fraction of sp³-hybridized carbons (Fsp3) is 0.469. The number of esters is 1. The van der Waals surface area contributed by atoms with E-state index in [1.165, 1.54) is 57.6 Å². The predicted molar refractivity (Wildman–Crippen MR) is 164 cm³/mol. The molecule has 230 valence electrons. The largest absolute Gasteiger partial charge is 0.493 e. The fourth-order valence-electron chi connectivity index (χ4n) is 4.20. The SMILES string of the molecule is CCCCCCCCOCC(=O)N(C)c1cc(NC(=O)C=Cc2cc(OC)c(OC)c(OC)c2)ccc1C(=O)OCC. The molecule has 10 heteroatoms. The topological polar surface area (TPSA) is 113 Å². The summed E-state index contributed by atoms with van der Waals surface area (Å²) in [5.74, 6) is 0.0503. The zero-order valence-corrected chi connectivity index (χ0v) is 25.6. The van der Waals surface area contributed by atoms with Crippen molar-refractivity contribution in [3.63, 3.8) is 0 Å². The molecule has 2 aromatic rings. The lowest BCUT2D eigenvalue weighted by Gasteiger charge is -2.21. The second kappa shape index (κ2) is 18.4. The molecule has 2 amide bonds. The van der Waals surface area contributed by atoms with Crippen molar-refractivity contribution < 1.29 is 38.1 Å². The van der Waals surface area contributed by atoms with E-state index in [0.29, 0.717) is 40.8 Å². The molecule has 0 aliphatic carbocycles. The molecule has 0 saturated heterocycles. The molecular formula is C32H44N2O8. The molecule has 0 radical (unpaired) electrons. The van der Waals surface area contributed by atoms with Crippen molar-refractivity contribution in [3.05, 3.63) is 47.5 Å². The van der Waals surface area contributed by atoms with Gasteiger partial charge in [-0.2, -0.15) is 0 Å². The van der Waals surface area contributed by atoms with Crippen LogP contribution >= 0.6 is 0 Å². The maximum atomic E-state index is 12.9. The van der Waals surface area contributed by atoms with Gasteiger partial charge in [-0.3, -0.25) is 9.59 Å². The predicted octanol–water partition coefficient (Wildman–Crippen LogP) is 5.88. The molecule has 42 heavy (non-hydrogen) atoms. The van der Waals surface area contributed by atoms with Gasteiger partial charge in [0.15, 0.2) is 11.5 Å². The number of methoxy groups -OCH3 is 3. The minimum absolute atomic E-state index is 0.123. The van der Waals surface area contributed by atoms with E-state index in [1.54, 1.807) is 44.3 Å². The van der Waals surface area contributed by atoms with Crippen LogP contribution in [0.25, 0.3) is 6.08 Å². The number of anilines is 2. The van der Waals surface area contributed by atoms with E-state index in [-0.39, 0.29) is 24.7 Å². The average molecular weight is 585 g/mol. The van der Waals surface area contributed by atoms with E-state index in [9.17, 15) is 14.4 Å². The Hall–Kier alpha value is -4.05. The summed E-state index contributed by atoms with van der Waals surface area (Å²) in [4.78, 5) is 39.6. The molecule has 2 aromatic carbocycles. The van der Waals surface area contributed by atoms with E-state index in [1.807, 2.05) is 0 Å².